The van der Waals surface area contributed by atoms with Crippen LogP contribution in [0.15, 0.2) is 42.6 Å². The molecule has 1 saturated carbocycles. The molecule has 0 amide bonds. The van der Waals surface area contributed by atoms with Gasteiger partial charge < -0.3 is 25.2 Å². The van der Waals surface area contributed by atoms with Gasteiger partial charge >= 0.3 is 0 Å². The Morgan fingerprint density at radius 2 is 1.84 bits per heavy atom. The van der Waals surface area contributed by atoms with Gasteiger partial charge in [-0.2, -0.15) is 4.98 Å². The van der Waals surface area contributed by atoms with Gasteiger partial charge in [-0.25, -0.2) is 15.0 Å². The highest BCUT2D eigenvalue weighted by Gasteiger charge is 2.19. The summed E-state index contributed by atoms with van der Waals surface area (Å²) >= 11 is 1.64. The normalized spacial score (nSPS) is 15.7. The molecular weight excluding hydrogens is 484 g/mol. The molecule has 4 aromatic rings. The van der Waals surface area contributed by atoms with Crippen molar-refractivity contribution in [1.29, 1.82) is 0 Å². The van der Waals surface area contributed by atoms with Crippen LogP contribution in [0, 0.1) is 12.8 Å². The number of likely N-dealkylation sites (N-methyl/N-ethyl adjacent to an activating group) is 1. The maximum atomic E-state index is 9.57. The second-order valence-electron chi connectivity index (χ2n) is 9.47. The Hall–Kier alpha value is -3.63. The number of fused-ring (bicyclic) bond motifs is 1. The fourth-order valence-corrected chi connectivity index (χ4v) is 4.87. The van der Waals surface area contributed by atoms with E-state index in [4.69, 9.17) is 9.97 Å². The Bertz CT molecular complexity index is 1380. The number of nitrogens with one attached hydrogen (secondary N) is 2. The van der Waals surface area contributed by atoms with Gasteiger partial charge in [0.2, 0.25) is 5.95 Å². The Morgan fingerprint density at radius 1 is 1.03 bits per heavy atom. The lowest BCUT2D eigenvalue weighted by atomic mass is 10.2. The average Bonchev–Trinajstić information content (AvgIpc) is 3.66. The van der Waals surface area contributed by atoms with Crippen LogP contribution in [0.5, 0.6) is 0 Å². The number of benzene rings is 1. The number of anilines is 4. The summed E-state index contributed by atoms with van der Waals surface area (Å²) in [5, 5.41) is 7.50. The first kappa shape index (κ1) is 25.0. The number of aldehydes is 1. The first-order chi connectivity index (χ1) is 18.0. The Balaban J connectivity index is 0.000000503. The number of thiazole rings is 1. The Labute approximate surface area is 221 Å². The van der Waals surface area contributed by atoms with E-state index in [0.29, 0.717) is 5.92 Å². The van der Waals surface area contributed by atoms with Crippen LogP contribution in [0.3, 0.4) is 0 Å². The van der Waals surface area contributed by atoms with Crippen molar-refractivity contribution in [2.45, 2.75) is 19.8 Å². The number of piperazine rings is 1. The summed E-state index contributed by atoms with van der Waals surface area (Å²) in [7, 11) is 4.06. The SMILES string of the molecule is CNc1cccc(-c2nc3cc(Nc4cc(C)nc(N5CCN(C)CC5)n4)ncc3s2)c1.O=CC1CC1. The predicted molar refractivity (Wildman–Crippen MR) is 151 cm³/mol. The van der Waals surface area contributed by atoms with Gasteiger partial charge in [-0.05, 0) is 38.9 Å². The second-order valence-corrected chi connectivity index (χ2v) is 10.5. The minimum absolute atomic E-state index is 0.454. The molecule has 2 fully saturated rings. The van der Waals surface area contributed by atoms with Gasteiger partial charge in [0.1, 0.15) is 22.9 Å². The smallest absolute Gasteiger partial charge is 0.227 e. The number of pyridine rings is 1. The van der Waals surface area contributed by atoms with E-state index in [-0.39, 0.29) is 0 Å². The zero-order chi connectivity index (χ0) is 25.8. The van der Waals surface area contributed by atoms with Crippen molar-refractivity contribution in [3.8, 4) is 10.6 Å². The molecule has 0 atom stereocenters. The van der Waals surface area contributed by atoms with Crippen LogP contribution in [0.2, 0.25) is 0 Å². The molecule has 0 spiro atoms. The minimum Gasteiger partial charge on any atom is -0.388 e. The number of hydrogen-bond acceptors (Lipinski definition) is 10. The third-order valence-electron chi connectivity index (χ3n) is 6.37. The first-order valence-electron chi connectivity index (χ1n) is 12.6. The largest absolute Gasteiger partial charge is 0.388 e. The number of aromatic nitrogens is 4. The van der Waals surface area contributed by atoms with Gasteiger partial charge in [0.15, 0.2) is 0 Å². The van der Waals surface area contributed by atoms with E-state index in [1.54, 1.807) is 11.3 Å². The molecule has 1 aliphatic carbocycles. The summed E-state index contributed by atoms with van der Waals surface area (Å²) in [6, 6.07) is 12.2. The van der Waals surface area contributed by atoms with Gasteiger partial charge in [0.05, 0.1) is 10.2 Å². The van der Waals surface area contributed by atoms with Crippen LogP contribution in [0.25, 0.3) is 20.8 Å². The van der Waals surface area contributed by atoms with Gasteiger partial charge in [0.25, 0.3) is 0 Å². The van der Waals surface area contributed by atoms with Crippen LogP contribution in [0.4, 0.5) is 23.3 Å². The van der Waals surface area contributed by atoms with E-state index in [0.717, 1.165) is 95.1 Å². The van der Waals surface area contributed by atoms with Crippen molar-refractivity contribution < 1.29 is 4.79 Å². The van der Waals surface area contributed by atoms with E-state index in [9.17, 15) is 4.79 Å². The fourth-order valence-electron chi connectivity index (χ4n) is 3.96. The molecule has 9 nitrogen and oxygen atoms in total. The first-order valence-corrected chi connectivity index (χ1v) is 13.4. The molecule has 192 valence electrons. The quantitative estimate of drug-likeness (QED) is 0.357. The van der Waals surface area contributed by atoms with E-state index < -0.39 is 0 Å². The average molecular weight is 517 g/mol. The highest BCUT2D eigenvalue weighted by atomic mass is 32.1. The molecule has 0 unspecified atom stereocenters. The van der Waals surface area contributed by atoms with E-state index in [2.05, 4.69) is 49.6 Å². The molecular formula is C27H32N8OS. The molecule has 0 radical (unpaired) electrons. The van der Waals surface area contributed by atoms with E-state index >= 15 is 0 Å². The zero-order valence-electron chi connectivity index (χ0n) is 21.4. The summed E-state index contributed by atoms with van der Waals surface area (Å²) in [5.74, 6) is 2.69. The monoisotopic (exact) mass is 516 g/mol. The van der Waals surface area contributed by atoms with Crippen molar-refractivity contribution in [3.05, 3.63) is 48.3 Å². The van der Waals surface area contributed by atoms with Crippen LogP contribution in [-0.2, 0) is 4.79 Å². The fraction of sp³-hybridized carbons (Fsp3) is 0.370. The number of aryl methyl sites for hydroxylation is 1. The number of nitrogens with zero attached hydrogens (tertiary/aromatic N) is 6. The summed E-state index contributed by atoms with van der Waals surface area (Å²) in [5.41, 5.74) is 4.01. The molecule has 0 bridgehead atoms. The molecule has 1 saturated heterocycles. The third-order valence-corrected chi connectivity index (χ3v) is 7.43. The molecule has 6 rings (SSSR count). The zero-order valence-corrected chi connectivity index (χ0v) is 22.3. The highest BCUT2D eigenvalue weighted by Crippen LogP contribution is 2.32. The van der Waals surface area contributed by atoms with E-state index in [1.165, 1.54) is 0 Å². The Morgan fingerprint density at radius 3 is 2.54 bits per heavy atom. The molecule has 2 aliphatic rings. The third kappa shape index (κ3) is 6.39. The highest BCUT2D eigenvalue weighted by molar-refractivity contribution is 7.21. The second kappa shape index (κ2) is 11.2. The molecule has 3 aromatic heterocycles. The van der Waals surface area contributed by atoms with Gasteiger partial charge in [-0.3, -0.25) is 0 Å². The van der Waals surface area contributed by atoms with Crippen LogP contribution in [0.1, 0.15) is 18.5 Å². The topological polar surface area (TPSA) is 99.2 Å². The Kier molecular flexibility index (Phi) is 7.57. The summed E-state index contributed by atoms with van der Waals surface area (Å²) in [6.07, 6.45) is 5.18. The summed E-state index contributed by atoms with van der Waals surface area (Å²) < 4.78 is 1.05. The summed E-state index contributed by atoms with van der Waals surface area (Å²) in [4.78, 5) is 33.0. The molecule has 2 N–H and O–H groups in total. The molecule has 10 heteroatoms. The molecule has 1 aromatic carbocycles. The van der Waals surface area contributed by atoms with Crippen molar-refractivity contribution >= 4 is 51.1 Å². The lowest BCUT2D eigenvalue weighted by Gasteiger charge is -2.32. The standard InChI is InChI=1S/C23H26N8S.C4H6O/c1-15-11-21(29-23(26-15)31-9-7-30(3)8-10-31)28-20-13-18-19(14-25-20)32-22(27-18)16-5-4-6-17(12-16)24-2;5-3-4-1-2-4/h4-6,11-14,24H,7-10H2,1-3H3,(H,25,26,28,29);3-4H,1-2H2. The van der Waals surface area contributed by atoms with Crippen LogP contribution < -0.4 is 15.5 Å². The van der Waals surface area contributed by atoms with Gasteiger partial charge in [-0.15, -0.1) is 11.3 Å². The van der Waals surface area contributed by atoms with Crippen molar-refractivity contribution in [2.75, 3.05) is 55.8 Å². The van der Waals surface area contributed by atoms with Gasteiger partial charge in [-0.1, -0.05) is 12.1 Å². The van der Waals surface area contributed by atoms with Crippen LogP contribution in [-0.4, -0.2) is 71.4 Å². The van der Waals surface area contributed by atoms with E-state index in [1.807, 2.05) is 44.4 Å². The molecule has 1 aliphatic heterocycles. The minimum atomic E-state index is 0.454. The van der Waals surface area contributed by atoms with Crippen molar-refractivity contribution in [3.63, 3.8) is 0 Å². The van der Waals surface area contributed by atoms with Crippen molar-refractivity contribution in [2.24, 2.45) is 5.92 Å². The lowest BCUT2D eigenvalue weighted by Crippen LogP contribution is -2.45. The lowest BCUT2D eigenvalue weighted by molar-refractivity contribution is -0.108. The molecule has 37 heavy (non-hydrogen) atoms. The number of carbonyl (C=O) groups excluding carboxylic acids is 1. The van der Waals surface area contributed by atoms with Crippen LogP contribution >= 0.6 is 11.3 Å². The number of carbonyl (C=O) groups is 1. The molecule has 4 heterocycles. The number of rotatable bonds is 6. The number of hydrogen-bond donors (Lipinski definition) is 2. The maximum absolute atomic E-state index is 9.57. The predicted octanol–water partition coefficient (Wildman–Crippen LogP) is 4.59. The van der Waals surface area contributed by atoms with Gasteiger partial charge in [0, 0.05) is 74.4 Å². The van der Waals surface area contributed by atoms with Crippen molar-refractivity contribution in [1.82, 2.24) is 24.8 Å². The summed E-state index contributed by atoms with van der Waals surface area (Å²) in [6.45, 7) is 5.89. The maximum Gasteiger partial charge on any atom is 0.227 e.